The zero-order valence-corrected chi connectivity index (χ0v) is 10.7. The zero-order valence-electron chi connectivity index (χ0n) is 10.7. The first-order chi connectivity index (χ1) is 8.74. The van der Waals surface area contributed by atoms with Gasteiger partial charge in [0.25, 0.3) is 0 Å². The first kappa shape index (κ1) is 14.0. The van der Waals surface area contributed by atoms with Crippen LogP contribution in [0.2, 0.25) is 0 Å². The molecular formula is C13H20N4O. The summed E-state index contributed by atoms with van der Waals surface area (Å²) in [7, 11) is 0. The Bertz CT molecular complexity index is 411. The van der Waals surface area contributed by atoms with Gasteiger partial charge in [0.05, 0.1) is 12.8 Å². The van der Waals surface area contributed by atoms with Crippen LogP contribution >= 0.6 is 0 Å². The van der Waals surface area contributed by atoms with Gasteiger partial charge in [-0.1, -0.05) is 31.9 Å². The highest BCUT2D eigenvalue weighted by molar-refractivity contribution is 5.84. The fraction of sp³-hybridized carbons (Fsp3) is 0.385. The molecule has 0 bridgehead atoms. The summed E-state index contributed by atoms with van der Waals surface area (Å²) in [5.41, 5.74) is 11.2. The van der Waals surface area contributed by atoms with Crippen LogP contribution in [-0.2, 0) is 0 Å². The quantitative estimate of drug-likeness (QED) is 0.334. The number of unbranched alkanes of at least 4 members (excludes halogenated alkanes) is 2. The van der Waals surface area contributed by atoms with Crippen LogP contribution in [0, 0.1) is 0 Å². The zero-order chi connectivity index (χ0) is 13.2. The summed E-state index contributed by atoms with van der Waals surface area (Å²) >= 11 is 0. The molecule has 0 amide bonds. The first-order valence-corrected chi connectivity index (χ1v) is 6.08. The van der Waals surface area contributed by atoms with Crippen molar-refractivity contribution < 1.29 is 4.74 Å². The molecule has 5 heteroatoms. The lowest BCUT2D eigenvalue weighted by Gasteiger charge is -2.07. The number of rotatable bonds is 7. The molecule has 4 N–H and O–H groups in total. The Morgan fingerprint density at radius 1 is 1.28 bits per heavy atom. The van der Waals surface area contributed by atoms with Gasteiger partial charge in [0.1, 0.15) is 5.75 Å². The summed E-state index contributed by atoms with van der Waals surface area (Å²) < 4.78 is 5.69. The van der Waals surface area contributed by atoms with Crippen LogP contribution < -0.4 is 16.2 Å². The number of nitrogens with zero attached hydrogens (tertiary/aromatic N) is 2. The molecular weight excluding hydrogens is 228 g/mol. The molecule has 0 aromatic heterocycles. The minimum Gasteiger partial charge on any atom is -0.493 e. The highest BCUT2D eigenvalue weighted by Crippen LogP contribution is 2.16. The van der Waals surface area contributed by atoms with Crippen LogP contribution in [0.3, 0.4) is 0 Å². The fourth-order valence-electron chi connectivity index (χ4n) is 1.41. The van der Waals surface area contributed by atoms with Gasteiger partial charge in [0.2, 0.25) is 5.96 Å². The lowest BCUT2D eigenvalue weighted by molar-refractivity contribution is 0.306. The van der Waals surface area contributed by atoms with Crippen molar-refractivity contribution in [2.45, 2.75) is 26.2 Å². The van der Waals surface area contributed by atoms with Gasteiger partial charge in [-0.05, 0) is 18.6 Å². The minimum atomic E-state index is -0.0624. The summed E-state index contributed by atoms with van der Waals surface area (Å²) in [6.45, 7) is 2.87. The van der Waals surface area contributed by atoms with Gasteiger partial charge in [0, 0.05) is 5.56 Å². The monoisotopic (exact) mass is 248 g/mol. The number of benzene rings is 1. The van der Waals surface area contributed by atoms with E-state index in [1.54, 1.807) is 6.21 Å². The van der Waals surface area contributed by atoms with E-state index in [0.717, 1.165) is 17.7 Å². The van der Waals surface area contributed by atoms with Gasteiger partial charge >= 0.3 is 0 Å². The van der Waals surface area contributed by atoms with Crippen LogP contribution in [0.4, 0.5) is 0 Å². The van der Waals surface area contributed by atoms with Crippen molar-refractivity contribution in [2.75, 3.05) is 6.61 Å². The highest BCUT2D eigenvalue weighted by Gasteiger charge is 1.99. The molecule has 0 aliphatic heterocycles. The Kier molecular flexibility index (Phi) is 6.32. The summed E-state index contributed by atoms with van der Waals surface area (Å²) in [5.74, 6) is 0.732. The number of nitrogens with two attached hydrogens (primary N) is 2. The number of hydrogen-bond donors (Lipinski definition) is 2. The van der Waals surface area contributed by atoms with Crippen molar-refractivity contribution in [3.8, 4) is 5.75 Å². The minimum absolute atomic E-state index is 0.0624. The second-order valence-electron chi connectivity index (χ2n) is 3.86. The van der Waals surface area contributed by atoms with E-state index in [-0.39, 0.29) is 5.96 Å². The molecule has 18 heavy (non-hydrogen) atoms. The average molecular weight is 248 g/mol. The maximum Gasteiger partial charge on any atom is 0.211 e. The molecule has 5 nitrogen and oxygen atoms in total. The maximum atomic E-state index is 5.69. The molecule has 0 aliphatic rings. The summed E-state index contributed by atoms with van der Waals surface area (Å²) in [6.07, 6.45) is 4.98. The van der Waals surface area contributed by atoms with E-state index in [9.17, 15) is 0 Å². The molecule has 0 aliphatic carbocycles. The van der Waals surface area contributed by atoms with Gasteiger partial charge in [-0.2, -0.15) is 5.10 Å². The molecule has 98 valence electrons. The van der Waals surface area contributed by atoms with E-state index in [1.807, 2.05) is 24.3 Å². The van der Waals surface area contributed by atoms with Crippen molar-refractivity contribution in [2.24, 2.45) is 21.7 Å². The molecule has 1 aromatic rings. The van der Waals surface area contributed by atoms with Crippen molar-refractivity contribution in [3.05, 3.63) is 29.8 Å². The van der Waals surface area contributed by atoms with Crippen LogP contribution in [0.25, 0.3) is 0 Å². The van der Waals surface area contributed by atoms with Crippen molar-refractivity contribution >= 4 is 12.2 Å². The van der Waals surface area contributed by atoms with Gasteiger partial charge in [-0.15, -0.1) is 5.10 Å². The normalized spacial score (nSPS) is 10.5. The summed E-state index contributed by atoms with van der Waals surface area (Å²) in [5, 5.41) is 7.34. The van der Waals surface area contributed by atoms with Gasteiger partial charge in [0.15, 0.2) is 0 Å². The van der Waals surface area contributed by atoms with Crippen molar-refractivity contribution in [1.82, 2.24) is 0 Å². The number of guanidine groups is 1. The molecule has 0 atom stereocenters. The average Bonchev–Trinajstić information content (AvgIpc) is 2.36. The molecule has 0 saturated heterocycles. The van der Waals surface area contributed by atoms with Crippen LogP contribution in [-0.4, -0.2) is 18.8 Å². The third-order valence-electron chi connectivity index (χ3n) is 2.29. The Labute approximate surface area is 108 Å². The highest BCUT2D eigenvalue weighted by atomic mass is 16.5. The molecule has 1 rings (SSSR count). The second kappa shape index (κ2) is 8.11. The predicted octanol–water partition coefficient (Wildman–Crippen LogP) is 1.86. The van der Waals surface area contributed by atoms with Crippen LogP contribution in [0.15, 0.2) is 34.5 Å². The van der Waals surface area contributed by atoms with Crippen LogP contribution in [0.5, 0.6) is 5.75 Å². The van der Waals surface area contributed by atoms with E-state index in [1.165, 1.54) is 12.8 Å². The summed E-state index contributed by atoms with van der Waals surface area (Å²) in [4.78, 5) is 0. The Balaban J connectivity index is 2.61. The van der Waals surface area contributed by atoms with Gasteiger partial charge < -0.3 is 16.2 Å². The van der Waals surface area contributed by atoms with E-state index in [4.69, 9.17) is 16.2 Å². The fourth-order valence-corrected chi connectivity index (χ4v) is 1.41. The van der Waals surface area contributed by atoms with Gasteiger partial charge in [-0.25, -0.2) is 0 Å². The Hall–Kier alpha value is -2.04. The molecule has 0 unspecified atom stereocenters. The smallest absolute Gasteiger partial charge is 0.211 e. The maximum absolute atomic E-state index is 5.69. The Morgan fingerprint density at radius 2 is 2.06 bits per heavy atom. The molecule has 0 heterocycles. The second-order valence-corrected chi connectivity index (χ2v) is 3.86. The number of para-hydroxylation sites is 1. The molecule has 1 aromatic carbocycles. The van der Waals surface area contributed by atoms with E-state index in [2.05, 4.69) is 17.1 Å². The lowest BCUT2D eigenvalue weighted by Crippen LogP contribution is -2.21. The molecule has 0 spiro atoms. The van der Waals surface area contributed by atoms with E-state index < -0.39 is 0 Å². The largest absolute Gasteiger partial charge is 0.493 e. The van der Waals surface area contributed by atoms with E-state index >= 15 is 0 Å². The van der Waals surface area contributed by atoms with Gasteiger partial charge in [-0.3, -0.25) is 0 Å². The van der Waals surface area contributed by atoms with Crippen LogP contribution in [0.1, 0.15) is 31.7 Å². The molecule has 0 saturated carbocycles. The van der Waals surface area contributed by atoms with E-state index in [0.29, 0.717) is 6.61 Å². The number of ether oxygens (including phenoxy) is 1. The topological polar surface area (TPSA) is 86.0 Å². The number of hydrogen-bond acceptors (Lipinski definition) is 3. The summed E-state index contributed by atoms with van der Waals surface area (Å²) in [6, 6.07) is 7.65. The molecule has 0 radical (unpaired) electrons. The predicted molar refractivity (Wildman–Crippen MR) is 74.9 cm³/mol. The Morgan fingerprint density at radius 3 is 2.78 bits per heavy atom. The third-order valence-corrected chi connectivity index (χ3v) is 2.29. The molecule has 0 fully saturated rings. The lowest BCUT2D eigenvalue weighted by atomic mass is 10.2. The van der Waals surface area contributed by atoms with Crippen molar-refractivity contribution in [1.29, 1.82) is 0 Å². The third kappa shape index (κ3) is 5.34. The standard InChI is InChI=1S/C13H20N4O/c1-2-3-6-9-18-12-8-5-4-7-11(12)10-16-17-13(14)15/h4-5,7-8,10H,2-3,6,9H2,1H3,(H4,14,15,17). The van der Waals surface area contributed by atoms with Crippen molar-refractivity contribution in [3.63, 3.8) is 0 Å². The SMILES string of the molecule is CCCCCOc1ccccc1C=NN=C(N)N. The first-order valence-electron chi connectivity index (χ1n) is 6.08.